The average Bonchev–Trinajstić information content (AvgIpc) is 3.36. The lowest BCUT2D eigenvalue weighted by Gasteiger charge is -2.45. The van der Waals surface area contributed by atoms with Crippen LogP contribution >= 0.6 is 11.3 Å². The molecule has 4 aromatic rings. The van der Waals surface area contributed by atoms with E-state index in [0.717, 1.165) is 33.9 Å². The number of hydrogen-bond donors (Lipinski definition) is 1. The molecule has 0 saturated carbocycles. The van der Waals surface area contributed by atoms with Crippen LogP contribution in [0.25, 0.3) is 21.3 Å². The van der Waals surface area contributed by atoms with Gasteiger partial charge in [-0.2, -0.15) is 4.98 Å². The van der Waals surface area contributed by atoms with Gasteiger partial charge in [0.25, 0.3) is 5.19 Å². The minimum absolute atomic E-state index is 0.592. The molecule has 1 N–H and O–H groups in total. The summed E-state index contributed by atoms with van der Waals surface area (Å²) < 4.78 is 12.8. The van der Waals surface area contributed by atoms with Crippen LogP contribution in [-0.2, 0) is 6.54 Å². The predicted molar refractivity (Wildman–Crippen MR) is 113 cm³/mol. The highest BCUT2D eigenvalue weighted by atomic mass is 32.1. The maximum Gasteiger partial charge on any atom is 0.281 e. The monoisotopic (exact) mass is 406 g/mol. The van der Waals surface area contributed by atoms with E-state index in [1.54, 1.807) is 6.20 Å². The Kier molecular flexibility index (Phi) is 4.25. The molecule has 2 bridgehead atoms. The number of aromatic nitrogens is 2. The van der Waals surface area contributed by atoms with Crippen molar-refractivity contribution in [2.45, 2.75) is 25.4 Å². The fourth-order valence-corrected chi connectivity index (χ4v) is 5.39. The number of rotatable bonds is 5. The molecule has 0 radical (unpaired) electrons. The molecule has 3 aliphatic heterocycles. The molecule has 1 atom stereocenters. The van der Waals surface area contributed by atoms with Crippen molar-refractivity contribution in [3.05, 3.63) is 48.4 Å². The highest BCUT2D eigenvalue weighted by Gasteiger charge is 2.33. The van der Waals surface area contributed by atoms with Crippen LogP contribution in [0.15, 0.2) is 47.2 Å². The lowest BCUT2D eigenvalue weighted by Crippen LogP contribution is -2.55. The summed E-state index contributed by atoms with van der Waals surface area (Å²) in [5.74, 6) is 1.55. The quantitative estimate of drug-likeness (QED) is 0.530. The van der Waals surface area contributed by atoms with Crippen molar-refractivity contribution in [3.63, 3.8) is 0 Å². The second-order valence-corrected chi connectivity index (χ2v) is 8.94. The summed E-state index contributed by atoms with van der Waals surface area (Å²) in [5.41, 5.74) is 2.76. The molecule has 0 aliphatic carbocycles. The van der Waals surface area contributed by atoms with Gasteiger partial charge in [-0.05, 0) is 56.1 Å². The Balaban J connectivity index is 1.18. The van der Waals surface area contributed by atoms with Crippen LogP contribution in [0.2, 0.25) is 0 Å². The topological polar surface area (TPSA) is 63.4 Å². The van der Waals surface area contributed by atoms with Crippen molar-refractivity contribution < 1.29 is 9.15 Å². The Labute approximate surface area is 172 Å². The second-order valence-electron chi connectivity index (χ2n) is 7.95. The van der Waals surface area contributed by atoms with E-state index in [4.69, 9.17) is 9.15 Å². The second kappa shape index (κ2) is 7.09. The summed E-state index contributed by atoms with van der Waals surface area (Å²) in [6.07, 6.45) is 6.26. The highest BCUT2D eigenvalue weighted by Crippen LogP contribution is 2.33. The van der Waals surface area contributed by atoms with Crippen LogP contribution in [0.1, 0.15) is 18.4 Å². The maximum absolute atomic E-state index is 5.96. The van der Waals surface area contributed by atoms with E-state index in [9.17, 15) is 0 Å². The molecule has 7 heteroatoms. The summed E-state index contributed by atoms with van der Waals surface area (Å²) >= 11 is 1.49. The molecular formula is C22H22N4O2S. The minimum Gasteiger partial charge on any atom is -0.464 e. The van der Waals surface area contributed by atoms with Gasteiger partial charge in [-0.15, -0.1) is 0 Å². The van der Waals surface area contributed by atoms with Crippen LogP contribution in [-0.4, -0.2) is 40.5 Å². The van der Waals surface area contributed by atoms with Crippen molar-refractivity contribution in [3.8, 4) is 10.9 Å². The minimum atomic E-state index is 0.592. The molecular weight excluding hydrogens is 384 g/mol. The van der Waals surface area contributed by atoms with Crippen LogP contribution in [0.5, 0.6) is 10.9 Å². The largest absolute Gasteiger partial charge is 0.464 e. The number of furan rings is 1. The molecule has 0 spiro atoms. The van der Waals surface area contributed by atoms with Gasteiger partial charge < -0.3 is 19.4 Å². The first kappa shape index (κ1) is 17.4. The van der Waals surface area contributed by atoms with Crippen molar-refractivity contribution in [2.75, 3.05) is 19.6 Å². The normalized spacial score (nSPS) is 23.8. The third kappa shape index (κ3) is 3.29. The smallest absolute Gasteiger partial charge is 0.281 e. The van der Waals surface area contributed by atoms with Crippen LogP contribution in [0.4, 0.5) is 0 Å². The molecule has 3 fully saturated rings. The number of pyridine rings is 1. The number of hydrogen-bond acceptors (Lipinski definition) is 7. The van der Waals surface area contributed by atoms with Gasteiger partial charge in [0.15, 0.2) is 5.65 Å². The number of fused-ring (bicyclic) bond motifs is 5. The van der Waals surface area contributed by atoms with E-state index >= 15 is 0 Å². The van der Waals surface area contributed by atoms with Gasteiger partial charge in [0.1, 0.15) is 11.3 Å². The van der Waals surface area contributed by atoms with Gasteiger partial charge in [0.05, 0.1) is 11.0 Å². The number of nitrogens with zero attached hydrogens (tertiary/aromatic N) is 3. The summed E-state index contributed by atoms with van der Waals surface area (Å²) in [5, 5.41) is 5.50. The Bertz CT molecular complexity index is 1130. The number of piperidine rings is 3. The van der Waals surface area contributed by atoms with Crippen molar-refractivity contribution in [1.29, 1.82) is 0 Å². The van der Waals surface area contributed by atoms with Gasteiger partial charge in [0.2, 0.25) is 0 Å². The number of ether oxygens (including phenoxy) is 1. The third-order valence-electron chi connectivity index (χ3n) is 6.19. The summed E-state index contributed by atoms with van der Waals surface area (Å²) in [7, 11) is 0. The molecule has 3 aromatic heterocycles. The molecule has 3 aliphatic rings. The first-order valence-electron chi connectivity index (χ1n) is 10.2. The van der Waals surface area contributed by atoms with E-state index < -0.39 is 0 Å². The summed E-state index contributed by atoms with van der Waals surface area (Å²) in [4.78, 5) is 11.3. The maximum atomic E-state index is 5.96. The first-order valence-corrected chi connectivity index (χ1v) is 11.0. The Morgan fingerprint density at radius 1 is 1.24 bits per heavy atom. The fourth-order valence-electron chi connectivity index (χ4n) is 4.59. The molecule has 7 rings (SSSR count). The SMILES string of the molecule is c1cnc2nc(Oc3ccc4c(CN[C@H]5CN6CCC5CC6)coc4c3)sc2c1. The summed E-state index contributed by atoms with van der Waals surface area (Å²) in [6, 6.07) is 10.5. The van der Waals surface area contributed by atoms with E-state index in [1.807, 2.05) is 30.5 Å². The van der Waals surface area contributed by atoms with Crippen LogP contribution < -0.4 is 10.1 Å². The third-order valence-corrected chi connectivity index (χ3v) is 7.08. The Morgan fingerprint density at radius 2 is 2.17 bits per heavy atom. The number of thiazole rings is 1. The Morgan fingerprint density at radius 3 is 3.00 bits per heavy atom. The van der Waals surface area contributed by atoms with Crippen molar-refractivity contribution in [2.24, 2.45) is 5.92 Å². The van der Waals surface area contributed by atoms with E-state index in [1.165, 1.54) is 49.4 Å². The number of nitrogens with one attached hydrogen (secondary N) is 1. The molecule has 0 amide bonds. The molecule has 6 heterocycles. The van der Waals surface area contributed by atoms with Crippen LogP contribution in [0.3, 0.4) is 0 Å². The van der Waals surface area contributed by atoms with E-state index in [0.29, 0.717) is 16.9 Å². The van der Waals surface area contributed by atoms with Gasteiger partial charge >= 0.3 is 0 Å². The predicted octanol–water partition coefficient (Wildman–Crippen LogP) is 4.41. The lowest BCUT2D eigenvalue weighted by molar-refractivity contribution is 0.0720. The number of benzene rings is 1. The van der Waals surface area contributed by atoms with Gasteiger partial charge in [0, 0.05) is 42.3 Å². The molecule has 148 valence electrons. The molecule has 0 unspecified atom stereocenters. The molecule has 29 heavy (non-hydrogen) atoms. The summed E-state index contributed by atoms with van der Waals surface area (Å²) in [6.45, 7) is 4.55. The molecule has 6 nitrogen and oxygen atoms in total. The zero-order chi connectivity index (χ0) is 19.2. The first-order chi connectivity index (χ1) is 14.3. The van der Waals surface area contributed by atoms with Gasteiger partial charge in [-0.1, -0.05) is 11.3 Å². The van der Waals surface area contributed by atoms with Crippen molar-refractivity contribution in [1.82, 2.24) is 20.2 Å². The highest BCUT2D eigenvalue weighted by molar-refractivity contribution is 7.20. The molecule has 3 saturated heterocycles. The standard InChI is InChI=1S/C22H22N4O2S/c1-2-20-21(23-7-1)25-22(29-20)28-16-3-4-17-15(13-27-19(17)10-16)11-24-18-12-26-8-5-14(18)6-9-26/h1-4,7,10,13-14,18,24H,5-6,8-9,11-12H2/t18-/m0/s1. The van der Waals surface area contributed by atoms with E-state index in [-0.39, 0.29) is 0 Å². The van der Waals surface area contributed by atoms with Gasteiger partial charge in [-0.3, -0.25) is 0 Å². The van der Waals surface area contributed by atoms with E-state index in [2.05, 4.69) is 26.3 Å². The fraction of sp³-hybridized carbons (Fsp3) is 0.364. The Hall–Kier alpha value is -2.48. The zero-order valence-electron chi connectivity index (χ0n) is 16.0. The van der Waals surface area contributed by atoms with Crippen LogP contribution in [0, 0.1) is 5.92 Å². The van der Waals surface area contributed by atoms with Gasteiger partial charge in [-0.25, -0.2) is 4.98 Å². The lowest BCUT2D eigenvalue weighted by atomic mass is 9.84. The molecule has 1 aromatic carbocycles. The zero-order valence-corrected chi connectivity index (χ0v) is 16.8. The van der Waals surface area contributed by atoms with Crippen molar-refractivity contribution >= 4 is 32.7 Å². The average molecular weight is 407 g/mol.